The zero-order chi connectivity index (χ0) is 14.0. The Morgan fingerprint density at radius 1 is 1.16 bits per heavy atom. The lowest BCUT2D eigenvalue weighted by Gasteiger charge is -2.26. The lowest BCUT2D eigenvalue weighted by Crippen LogP contribution is -2.36. The van der Waals surface area contributed by atoms with Crippen molar-refractivity contribution in [2.75, 3.05) is 13.1 Å². The maximum Gasteiger partial charge on any atom is 0.488 e. The van der Waals surface area contributed by atoms with Gasteiger partial charge in [-0.1, -0.05) is 18.6 Å². The van der Waals surface area contributed by atoms with Crippen molar-refractivity contribution in [1.29, 1.82) is 0 Å². The molecule has 0 spiro atoms. The molecule has 1 fully saturated rings. The number of nitrogens with zero attached hydrogens (tertiary/aromatic N) is 1. The van der Waals surface area contributed by atoms with Crippen molar-refractivity contribution < 1.29 is 18.5 Å². The van der Waals surface area contributed by atoms with Crippen LogP contribution in [0, 0.1) is 6.92 Å². The minimum Gasteiger partial charge on any atom is -0.423 e. The maximum absolute atomic E-state index is 12.5. The Morgan fingerprint density at radius 2 is 1.79 bits per heavy atom. The first-order chi connectivity index (χ1) is 8.93. The van der Waals surface area contributed by atoms with E-state index in [9.17, 15) is 8.42 Å². The lowest BCUT2D eigenvalue weighted by molar-refractivity contribution is 0.346. The van der Waals surface area contributed by atoms with E-state index in [-0.39, 0.29) is 4.90 Å². The van der Waals surface area contributed by atoms with Crippen LogP contribution in [0.15, 0.2) is 23.1 Å². The Balaban J connectivity index is 2.35. The van der Waals surface area contributed by atoms with Crippen molar-refractivity contribution in [2.24, 2.45) is 0 Å². The van der Waals surface area contributed by atoms with E-state index in [0.717, 1.165) is 19.3 Å². The van der Waals surface area contributed by atoms with E-state index in [0.29, 0.717) is 24.1 Å². The molecule has 1 heterocycles. The summed E-state index contributed by atoms with van der Waals surface area (Å²) in [6, 6.07) is 4.39. The average Bonchev–Trinajstić information content (AvgIpc) is 2.39. The zero-order valence-corrected chi connectivity index (χ0v) is 11.7. The van der Waals surface area contributed by atoms with Crippen LogP contribution < -0.4 is 5.46 Å². The molecule has 7 heteroatoms. The van der Waals surface area contributed by atoms with Crippen LogP contribution in [0.1, 0.15) is 24.8 Å². The number of sulfonamides is 1. The van der Waals surface area contributed by atoms with Gasteiger partial charge in [0.2, 0.25) is 10.0 Å². The largest absolute Gasteiger partial charge is 0.488 e. The highest BCUT2D eigenvalue weighted by Crippen LogP contribution is 2.22. The highest BCUT2D eigenvalue weighted by Gasteiger charge is 2.27. The van der Waals surface area contributed by atoms with Gasteiger partial charge >= 0.3 is 7.12 Å². The van der Waals surface area contributed by atoms with Gasteiger partial charge in [0, 0.05) is 13.1 Å². The first kappa shape index (κ1) is 14.5. The zero-order valence-electron chi connectivity index (χ0n) is 10.9. The number of benzene rings is 1. The van der Waals surface area contributed by atoms with Gasteiger partial charge < -0.3 is 10.0 Å². The molecule has 2 N–H and O–H groups in total. The normalized spacial score (nSPS) is 17.4. The molecule has 0 aromatic heterocycles. The van der Waals surface area contributed by atoms with Crippen LogP contribution in [0.2, 0.25) is 0 Å². The van der Waals surface area contributed by atoms with Gasteiger partial charge in [-0.05, 0) is 36.9 Å². The summed E-state index contributed by atoms with van der Waals surface area (Å²) in [5.74, 6) is 0. The number of aryl methyl sites for hydroxylation is 1. The van der Waals surface area contributed by atoms with Crippen LogP contribution in [0.5, 0.6) is 0 Å². The Labute approximate surface area is 114 Å². The van der Waals surface area contributed by atoms with Crippen molar-refractivity contribution >= 4 is 22.6 Å². The second-order valence-corrected chi connectivity index (χ2v) is 6.77. The number of hydrogen-bond acceptors (Lipinski definition) is 4. The second-order valence-electron chi connectivity index (χ2n) is 4.86. The quantitative estimate of drug-likeness (QED) is 0.756. The molecule has 104 valence electrons. The standard InChI is InChI=1S/C12H18BNO4S/c1-10-9-11(13(15)16)5-6-12(10)19(17,18)14-7-3-2-4-8-14/h5-6,9,15-16H,2-4,7-8H2,1H3. The molecule has 0 amide bonds. The first-order valence-electron chi connectivity index (χ1n) is 6.40. The Kier molecular flexibility index (Phi) is 4.30. The Bertz CT molecular complexity index is 553. The fourth-order valence-corrected chi connectivity index (χ4v) is 4.09. The number of piperidine rings is 1. The molecule has 0 aliphatic carbocycles. The van der Waals surface area contributed by atoms with Crippen molar-refractivity contribution in [3.63, 3.8) is 0 Å². The fraction of sp³-hybridized carbons (Fsp3) is 0.500. The van der Waals surface area contributed by atoms with Crippen molar-refractivity contribution in [3.8, 4) is 0 Å². The maximum atomic E-state index is 12.5. The molecule has 0 atom stereocenters. The number of rotatable bonds is 3. The van der Waals surface area contributed by atoms with E-state index >= 15 is 0 Å². The molecular formula is C12H18BNO4S. The summed E-state index contributed by atoms with van der Waals surface area (Å²) in [4.78, 5) is 0.249. The van der Waals surface area contributed by atoms with Crippen LogP contribution in [-0.2, 0) is 10.0 Å². The van der Waals surface area contributed by atoms with Crippen LogP contribution in [0.4, 0.5) is 0 Å². The molecule has 1 saturated heterocycles. The van der Waals surface area contributed by atoms with Crippen molar-refractivity contribution in [3.05, 3.63) is 23.8 Å². The molecule has 1 aliphatic rings. The predicted molar refractivity (Wildman–Crippen MR) is 73.6 cm³/mol. The topological polar surface area (TPSA) is 77.8 Å². The summed E-state index contributed by atoms with van der Waals surface area (Å²) in [6.45, 7) is 2.79. The summed E-state index contributed by atoms with van der Waals surface area (Å²) in [6.07, 6.45) is 2.86. The summed E-state index contributed by atoms with van der Waals surface area (Å²) >= 11 is 0. The minimum atomic E-state index is -3.47. The molecule has 0 radical (unpaired) electrons. The third-order valence-electron chi connectivity index (χ3n) is 3.43. The highest BCUT2D eigenvalue weighted by atomic mass is 32.2. The van der Waals surface area contributed by atoms with E-state index in [4.69, 9.17) is 10.0 Å². The molecule has 0 unspecified atom stereocenters. The third kappa shape index (κ3) is 3.00. The van der Waals surface area contributed by atoms with Gasteiger partial charge in [0.1, 0.15) is 0 Å². The van der Waals surface area contributed by atoms with Crippen LogP contribution in [0.3, 0.4) is 0 Å². The SMILES string of the molecule is Cc1cc(B(O)O)ccc1S(=O)(=O)N1CCCCC1. The van der Waals surface area contributed by atoms with Gasteiger partial charge in [-0.2, -0.15) is 4.31 Å². The smallest absolute Gasteiger partial charge is 0.423 e. The first-order valence-corrected chi connectivity index (χ1v) is 7.84. The average molecular weight is 283 g/mol. The third-order valence-corrected chi connectivity index (χ3v) is 5.49. The van der Waals surface area contributed by atoms with Gasteiger partial charge in [-0.15, -0.1) is 0 Å². The van der Waals surface area contributed by atoms with Gasteiger partial charge in [-0.25, -0.2) is 8.42 Å². The molecule has 1 aromatic carbocycles. The van der Waals surface area contributed by atoms with Crippen molar-refractivity contribution in [2.45, 2.75) is 31.1 Å². The van der Waals surface area contributed by atoms with Gasteiger partial charge in [0.25, 0.3) is 0 Å². The molecule has 19 heavy (non-hydrogen) atoms. The molecule has 1 aromatic rings. The molecule has 0 saturated carbocycles. The van der Waals surface area contributed by atoms with Crippen LogP contribution in [-0.4, -0.2) is 43.0 Å². The number of hydrogen-bond donors (Lipinski definition) is 2. The second kappa shape index (κ2) is 5.62. The van der Waals surface area contributed by atoms with E-state index in [1.165, 1.54) is 22.5 Å². The predicted octanol–water partition coefficient (Wildman–Crippen LogP) is -0.151. The summed E-state index contributed by atoms with van der Waals surface area (Å²) < 4.78 is 26.5. The fourth-order valence-electron chi connectivity index (χ4n) is 2.37. The van der Waals surface area contributed by atoms with E-state index in [2.05, 4.69) is 0 Å². The van der Waals surface area contributed by atoms with E-state index in [1.54, 1.807) is 6.92 Å². The van der Waals surface area contributed by atoms with E-state index in [1.807, 2.05) is 0 Å². The van der Waals surface area contributed by atoms with Gasteiger partial charge in [0.05, 0.1) is 4.90 Å². The molecule has 5 nitrogen and oxygen atoms in total. The summed E-state index contributed by atoms with van der Waals surface area (Å²) in [7, 11) is -5.04. The molecule has 2 rings (SSSR count). The summed E-state index contributed by atoms with van der Waals surface area (Å²) in [5, 5.41) is 18.2. The monoisotopic (exact) mass is 283 g/mol. The lowest BCUT2D eigenvalue weighted by atomic mass is 9.80. The highest BCUT2D eigenvalue weighted by molar-refractivity contribution is 7.89. The minimum absolute atomic E-state index is 0.249. The van der Waals surface area contributed by atoms with Crippen molar-refractivity contribution in [1.82, 2.24) is 4.31 Å². The van der Waals surface area contributed by atoms with Crippen LogP contribution >= 0.6 is 0 Å². The Hall–Kier alpha value is -0.885. The Morgan fingerprint density at radius 3 is 2.32 bits per heavy atom. The van der Waals surface area contributed by atoms with Gasteiger partial charge in [0.15, 0.2) is 0 Å². The molecule has 0 bridgehead atoms. The molecule has 1 aliphatic heterocycles. The van der Waals surface area contributed by atoms with Crippen LogP contribution in [0.25, 0.3) is 0 Å². The van der Waals surface area contributed by atoms with Gasteiger partial charge in [-0.3, -0.25) is 0 Å². The molecular weight excluding hydrogens is 265 g/mol. The van der Waals surface area contributed by atoms with E-state index < -0.39 is 17.1 Å². The summed E-state index contributed by atoms with van der Waals surface area (Å²) in [5.41, 5.74) is 0.839.